The second-order valence-corrected chi connectivity index (χ2v) is 6.61. The maximum atomic E-state index is 14.0. The van der Waals surface area contributed by atoms with Crippen molar-refractivity contribution in [3.8, 4) is 0 Å². The Balaban J connectivity index is 1.69. The van der Waals surface area contributed by atoms with Crippen molar-refractivity contribution in [2.75, 3.05) is 24.6 Å². The van der Waals surface area contributed by atoms with Crippen LogP contribution in [0.3, 0.4) is 0 Å². The molecule has 2 heterocycles. The van der Waals surface area contributed by atoms with Crippen LogP contribution in [0, 0.1) is 5.82 Å². The SMILES string of the molecule is Fc1cccc2c(N3CCOC(c4cccc(Br)c4)C3)ncnc12. The van der Waals surface area contributed by atoms with E-state index in [9.17, 15) is 4.39 Å². The second kappa shape index (κ2) is 6.45. The smallest absolute Gasteiger partial charge is 0.149 e. The van der Waals surface area contributed by atoms with Gasteiger partial charge in [0, 0.05) is 22.9 Å². The number of benzene rings is 2. The first-order valence-electron chi connectivity index (χ1n) is 7.73. The summed E-state index contributed by atoms with van der Waals surface area (Å²) < 4.78 is 20.9. The summed E-state index contributed by atoms with van der Waals surface area (Å²) in [6.45, 7) is 1.98. The van der Waals surface area contributed by atoms with E-state index in [1.807, 2.05) is 18.2 Å². The summed E-state index contributed by atoms with van der Waals surface area (Å²) in [5.41, 5.74) is 1.46. The molecular weight excluding hydrogens is 373 g/mol. The van der Waals surface area contributed by atoms with Gasteiger partial charge < -0.3 is 9.64 Å². The molecule has 1 aliphatic heterocycles. The predicted molar refractivity (Wildman–Crippen MR) is 94.5 cm³/mol. The van der Waals surface area contributed by atoms with Gasteiger partial charge >= 0.3 is 0 Å². The van der Waals surface area contributed by atoms with Gasteiger partial charge in [0.25, 0.3) is 0 Å². The van der Waals surface area contributed by atoms with E-state index in [0.717, 1.165) is 21.2 Å². The third-order valence-electron chi connectivity index (χ3n) is 4.18. The molecule has 0 radical (unpaired) electrons. The van der Waals surface area contributed by atoms with Crippen LogP contribution in [0.4, 0.5) is 10.2 Å². The van der Waals surface area contributed by atoms with Crippen molar-refractivity contribution in [2.45, 2.75) is 6.10 Å². The topological polar surface area (TPSA) is 38.2 Å². The first-order valence-corrected chi connectivity index (χ1v) is 8.53. The summed E-state index contributed by atoms with van der Waals surface area (Å²) in [4.78, 5) is 10.6. The lowest BCUT2D eigenvalue weighted by molar-refractivity contribution is 0.0396. The zero-order chi connectivity index (χ0) is 16.5. The van der Waals surface area contributed by atoms with Gasteiger partial charge in [0.05, 0.1) is 6.61 Å². The van der Waals surface area contributed by atoms with Gasteiger partial charge in [-0.2, -0.15) is 0 Å². The molecule has 0 N–H and O–H groups in total. The molecule has 1 saturated heterocycles. The Bertz CT molecular complexity index is 889. The summed E-state index contributed by atoms with van der Waals surface area (Å²) in [7, 11) is 0. The van der Waals surface area contributed by atoms with Gasteiger partial charge in [0.15, 0.2) is 0 Å². The highest BCUT2D eigenvalue weighted by molar-refractivity contribution is 9.10. The van der Waals surface area contributed by atoms with Crippen molar-refractivity contribution in [1.29, 1.82) is 0 Å². The first kappa shape index (κ1) is 15.5. The average Bonchev–Trinajstić information content (AvgIpc) is 2.62. The molecule has 1 unspecified atom stereocenters. The number of halogens is 2. The number of hydrogen-bond acceptors (Lipinski definition) is 4. The van der Waals surface area contributed by atoms with Gasteiger partial charge in [-0.1, -0.05) is 34.1 Å². The minimum atomic E-state index is -0.326. The molecular formula is C18H15BrFN3O. The summed E-state index contributed by atoms with van der Waals surface area (Å²) >= 11 is 3.50. The third-order valence-corrected chi connectivity index (χ3v) is 4.67. The highest BCUT2D eigenvalue weighted by Gasteiger charge is 2.24. The Morgan fingerprint density at radius 2 is 2.04 bits per heavy atom. The minimum Gasteiger partial charge on any atom is -0.370 e. The van der Waals surface area contributed by atoms with Gasteiger partial charge in [-0.3, -0.25) is 0 Å². The molecule has 3 aromatic rings. The molecule has 1 aliphatic rings. The summed E-state index contributed by atoms with van der Waals surface area (Å²) in [5.74, 6) is 0.427. The number of morpholine rings is 1. The number of aromatic nitrogens is 2. The van der Waals surface area contributed by atoms with E-state index < -0.39 is 0 Å². The molecule has 0 bridgehead atoms. The second-order valence-electron chi connectivity index (χ2n) is 5.69. The Morgan fingerprint density at radius 3 is 2.92 bits per heavy atom. The van der Waals surface area contributed by atoms with Crippen LogP contribution in [0.25, 0.3) is 10.9 Å². The van der Waals surface area contributed by atoms with E-state index in [-0.39, 0.29) is 11.9 Å². The molecule has 0 amide bonds. The molecule has 0 saturated carbocycles. The van der Waals surface area contributed by atoms with Gasteiger partial charge in [-0.15, -0.1) is 0 Å². The largest absolute Gasteiger partial charge is 0.370 e. The molecule has 1 fully saturated rings. The molecule has 122 valence electrons. The number of nitrogens with zero attached hydrogens (tertiary/aromatic N) is 3. The Labute approximate surface area is 147 Å². The molecule has 2 aromatic carbocycles. The lowest BCUT2D eigenvalue weighted by Gasteiger charge is -2.34. The van der Waals surface area contributed by atoms with E-state index in [0.29, 0.717) is 25.2 Å². The van der Waals surface area contributed by atoms with Crippen molar-refractivity contribution in [3.63, 3.8) is 0 Å². The highest BCUT2D eigenvalue weighted by Crippen LogP contribution is 2.30. The number of fused-ring (bicyclic) bond motifs is 1. The van der Waals surface area contributed by atoms with Gasteiger partial charge in [-0.05, 0) is 29.8 Å². The number of hydrogen-bond donors (Lipinski definition) is 0. The lowest BCUT2D eigenvalue weighted by Crippen LogP contribution is -2.39. The van der Waals surface area contributed by atoms with Crippen LogP contribution in [0.15, 0.2) is 53.3 Å². The molecule has 4 rings (SSSR count). The summed E-state index contributed by atoms with van der Waals surface area (Å²) in [6, 6.07) is 13.1. The van der Waals surface area contributed by atoms with Crippen LogP contribution in [-0.4, -0.2) is 29.7 Å². The van der Waals surface area contributed by atoms with Crippen LogP contribution in [0.2, 0.25) is 0 Å². The standard InChI is InChI=1S/C18H15BrFN3O/c19-13-4-1-3-12(9-13)16-10-23(7-8-24-16)18-14-5-2-6-15(20)17(14)21-11-22-18/h1-6,9,11,16H,7-8,10H2. The third kappa shape index (κ3) is 2.87. The van der Waals surface area contributed by atoms with Crippen molar-refractivity contribution >= 4 is 32.7 Å². The monoisotopic (exact) mass is 387 g/mol. The molecule has 1 aromatic heterocycles. The van der Waals surface area contributed by atoms with Crippen LogP contribution in [0.5, 0.6) is 0 Å². The fourth-order valence-corrected chi connectivity index (χ4v) is 3.46. The fraction of sp³-hybridized carbons (Fsp3) is 0.222. The maximum absolute atomic E-state index is 14.0. The zero-order valence-corrected chi connectivity index (χ0v) is 14.4. The van der Waals surface area contributed by atoms with Crippen molar-refractivity contribution in [2.24, 2.45) is 0 Å². The van der Waals surface area contributed by atoms with E-state index >= 15 is 0 Å². The van der Waals surface area contributed by atoms with Crippen LogP contribution < -0.4 is 4.90 Å². The van der Waals surface area contributed by atoms with E-state index in [1.165, 1.54) is 12.4 Å². The molecule has 0 spiro atoms. The summed E-state index contributed by atoms with van der Waals surface area (Å²) in [6.07, 6.45) is 1.37. The van der Waals surface area contributed by atoms with Crippen molar-refractivity contribution < 1.29 is 9.13 Å². The molecule has 0 aliphatic carbocycles. The van der Waals surface area contributed by atoms with Crippen molar-refractivity contribution in [3.05, 3.63) is 64.6 Å². The molecule has 4 nitrogen and oxygen atoms in total. The Kier molecular flexibility index (Phi) is 4.16. The molecule has 6 heteroatoms. The predicted octanol–water partition coefficient (Wildman–Crippen LogP) is 4.11. The van der Waals surface area contributed by atoms with Gasteiger partial charge in [0.1, 0.15) is 29.6 Å². The zero-order valence-electron chi connectivity index (χ0n) is 12.8. The normalized spacial score (nSPS) is 18.1. The molecule has 24 heavy (non-hydrogen) atoms. The number of anilines is 1. The van der Waals surface area contributed by atoms with Crippen LogP contribution >= 0.6 is 15.9 Å². The van der Waals surface area contributed by atoms with Gasteiger partial charge in [-0.25, -0.2) is 14.4 Å². The first-order chi connectivity index (χ1) is 11.7. The van der Waals surface area contributed by atoms with E-state index in [2.05, 4.69) is 42.9 Å². The molecule has 1 atom stereocenters. The quantitative estimate of drug-likeness (QED) is 0.663. The number of ether oxygens (including phenoxy) is 1. The number of rotatable bonds is 2. The average molecular weight is 388 g/mol. The fourth-order valence-electron chi connectivity index (χ4n) is 3.04. The maximum Gasteiger partial charge on any atom is 0.149 e. The Hall–Kier alpha value is -2.05. The Morgan fingerprint density at radius 1 is 1.17 bits per heavy atom. The number of para-hydroxylation sites is 1. The van der Waals surface area contributed by atoms with Gasteiger partial charge in [0.2, 0.25) is 0 Å². The van der Waals surface area contributed by atoms with Crippen LogP contribution in [-0.2, 0) is 4.74 Å². The highest BCUT2D eigenvalue weighted by atomic mass is 79.9. The van der Waals surface area contributed by atoms with Crippen LogP contribution in [0.1, 0.15) is 11.7 Å². The van der Waals surface area contributed by atoms with E-state index in [1.54, 1.807) is 6.07 Å². The van der Waals surface area contributed by atoms with Crippen molar-refractivity contribution in [1.82, 2.24) is 9.97 Å². The lowest BCUT2D eigenvalue weighted by atomic mass is 10.1. The minimum absolute atomic E-state index is 0.0465. The van der Waals surface area contributed by atoms with E-state index in [4.69, 9.17) is 4.74 Å². The summed E-state index contributed by atoms with van der Waals surface area (Å²) in [5, 5.41) is 0.729.